The van der Waals surface area contributed by atoms with E-state index in [1.807, 2.05) is 5.41 Å². The van der Waals surface area contributed by atoms with Crippen molar-refractivity contribution in [1.29, 1.82) is 0 Å². The molecule has 0 heterocycles. The molecule has 0 saturated carbocycles. The van der Waals surface area contributed by atoms with E-state index in [1.165, 1.54) is 21.6 Å². The van der Waals surface area contributed by atoms with Gasteiger partial charge in [0.2, 0.25) is 0 Å². The van der Waals surface area contributed by atoms with Crippen molar-refractivity contribution in [3.63, 3.8) is 0 Å². The van der Waals surface area contributed by atoms with E-state index < -0.39 is 0 Å². The highest BCUT2D eigenvalue weighted by molar-refractivity contribution is 8.10. The maximum absolute atomic E-state index is 3.77. The molecule has 90 valence electrons. The first-order valence-corrected chi connectivity index (χ1v) is 6.45. The highest BCUT2D eigenvalue weighted by atomic mass is 32.2. The van der Waals surface area contributed by atoms with Crippen LogP contribution in [0.4, 0.5) is 0 Å². The van der Waals surface area contributed by atoms with Gasteiger partial charge in [0.05, 0.1) is 0 Å². The third-order valence-corrected chi connectivity index (χ3v) is 3.37. The summed E-state index contributed by atoms with van der Waals surface area (Å²) in [5, 5.41) is 4.96. The standard InChI is InChI=1S/C15H19NS/c1-5-16-11-13-7-9-14(10-8-13)15(12(3)4)17-6-2/h5-10,16H,1-2,11H2,3-4H3. The van der Waals surface area contributed by atoms with Gasteiger partial charge in [-0.3, -0.25) is 0 Å². The first-order chi connectivity index (χ1) is 8.19. The van der Waals surface area contributed by atoms with E-state index in [1.54, 1.807) is 18.0 Å². The van der Waals surface area contributed by atoms with Gasteiger partial charge in [-0.2, -0.15) is 0 Å². The molecule has 2 heteroatoms. The molecular weight excluding hydrogens is 226 g/mol. The van der Waals surface area contributed by atoms with Crippen LogP contribution in [-0.2, 0) is 6.54 Å². The van der Waals surface area contributed by atoms with Crippen LogP contribution in [0.15, 0.2) is 54.6 Å². The number of thioether (sulfide) groups is 1. The van der Waals surface area contributed by atoms with E-state index in [0.717, 1.165) is 6.54 Å². The fourth-order valence-corrected chi connectivity index (χ4v) is 2.20. The second kappa shape index (κ2) is 7.02. The normalized spacial score (nSPS) is 9.53. The lowest BCUT2D eigenvalue weighted by molar-refractivity contribution is 0.872. The maximum atomic E-state index is 3.77. The summed E-state index contributed by atoms with van der Waals surface area (Å²) in [5.74, 6) is 0. The molecule has 0 aliphatic heterocycles. The number of hydrogen-bond donors (Lipinski definition) is 1. The average molecular weight is 245 g/mol. The van der Waals surface area contributed by atoms with Crippen molar-refractivity contribution in [2.24, 2.45) is 0 Å². The van der Waals surface area contributed by atoms with Crippen LogP contribution in [0, 0.1) is 0 Å². The van der Waals surface area contributed by atoms with Crippen LogP contribution in [0.1, 0.15) is 25.0 Å². The molecule has 0 aromatic heterocycles. The summed E-state index contributed by atoms with van der Waals surface area (Å²) in [4.78, 5) is 1.28. The van der Waals surface area contributed by atoms with Crippen LogP contribution >= 0.6 is 11.8 Å². The minimum Gasteiger partial charge on any atom is -0.387 e. The molecule has 1 aromatic carbocycles. The molecule has 1 rings (SSSR count). The summed E-state index contributed by atoms with van der Waals surface area (Å²) in [5.41, 5.74) is 3.81. The predicted molar refractivity (Wildman–Crippen MR) is 79.5 cm³/mol. The van der Waals surface area contributed by atoms with Crippen LogP contribution in [-0.4, -0.2) is 0 Å². The monoisotopic (exact) mass is 245 g/mol. The summed E-state index contributed by atoms with van der Waals surface area (Å²) in [7, 11) is 0. The Morgan fingerprint density at radius 1 is 1.24 bits per heavy atom. The highest BCUT2D eigenvalue weighted by Crippen LogP contribution is 2.31. The topological polar surface area (TPSA) is 12.0 Å². The molecule has 1 aromatic rings. The average Bonchev–Trinajstić information content (AvgIpc) is 2.34. The van der Waals surface area contributed by atoms with Crippen molar-refractivity contribution in [3.8, 4) is 0 Å². The lowest BCUT2D eigenvalue weighted by Gasteiger charge is -2.08. The third-order valence-electron chi connectivity index (χ3n) is 2.32. The molecule has 17 heavy (non-hydrogen) atoms. The minimum atomic E-state index is 0.822. The van der Waals surface area contributed by atoms with Crippen LogP contribution < -0.4 is 5.32 Å². The molecule has 0 amide bonds. The highest BCUT2D eigenvalue weighted by Gasteiger charge is 2.02. The van der Waals surface area contributed by atoms with E-state index in [4.69, 9.17) is 0 Å². The molecule has 0 saturated heterocycles. The summed E-state index contributed by atoms with van der Waals surface area (Å²) in [6.45, 7) is 12.5. The quantitative estimate of drug-likeness (QED) is 0.789. The Kier molecular flexibility index (Phi) is 5.64. The second-order valence-corrected chi connectivity index (χ2v) is 4.87. The number of rotatable bonds is 6. The van der Waals surface area contributed by atoms with Gasteiger partial charge in [0.1, 0.15) is 0 Å². The molecule has 0 aliphatic rings. The molecule has 0 fully saturated rings. The molecule has 1 nitrogen and oxygen atoms in total. The van der Waals surface area contributed by atoms with Crippen LogP contribution in [0.3, 0.4) is 0 Å². The number of hydrogen-bond acceptors (Lipinski definition) is 2. The maximum Gasteiger partial charge on any atom is 0.0395 e. The predicted octanol–water partition coefficient (Wildman–Crippen LogP) is 4.55. The first kappa shape index (κ1) is 13.7. The van der Waals surface area contributed by atoms with E-state index in [0.29, 0.717) is 0 Å². The van der Waals surface area contributed by atoms with Gasteiger partial charge in [0.15, 0.2) is 0 Å². The summed E-state index contributed by atoms with van der Waals surface area (Å²) < 4.78 is 0. The van der Waals surface area contributed by atoms with E-state index in [9.17, 15) is 0 Å². The van der Waals surface area contributed by atoms with E-state index in [-0.39, 0.29) is 0 Å². The Morgan fingerprint density at radius 2 is 1.88 bits per heavy atom. The Balaban J connectivity index is 2.88. The molecular formula is C15H19NS. The molecule has 0 radical (unpaired) electrons. The van der Waals surface area contributed by atoms with Gasteiger partial charge in [-0.05, 0) is 36.6 Å². The summed E-state index contributed by atoms with van der Waals surface area (Å²) >= 11 is 1.67. The van der Waals surface area contributed by atoms with Crippen molar-refractivity contribution in [1.82, 2.24) is 5.32 Å². The van der Waals surface area contributed by atoms with Gasteiger partial charge < -0.3 is 5.32 Å². The second-order valence-electron chi connectivity index (χ2n) is 3.90. The van der Waals surface area contributed by atoms with Gasteiger partial charge in [-0.25, -0.2) is 0 Å². The van der Waals surface area contributed by atoms with Gasteiger partial charge >= 0.3 is 0 Å². The van der Waals surface area contributed by atoms with Crippen molar-refractivity contribution < 1.29 is 0 Å². The largest absolute Gasteiger partial charge is 0.387 e. The van der Waals surface area contributed by atoms with Crippen LogP contribution in [0.25, 0.3) is 4.91 Å². The van der Waals surface area contributed by atoms with E-state index >= 15 is 0 Å². The van der Waals surface area contributed by atoms with Crippen LogP contribution in [0.5, 0.6) is 0 Å². The van der Waals surface area contributed by atoms with Crippen molar-refractivity contribution >= 4 is 16.7 Å². The van der Waals surface area contributed by atoms with Gasteiger partial charge in [-0.1, -0.05) is 54.8 Å². The Hall–Kier alpha value is -1.41. The molecule has 0 bridgehead atoms. The Labute approximate surface area is 108 Å². The summed E-state index contributed by atoms with van der Waals surface area (Å²) in [6, 6.07) is 8.58. The number of benzene rings is 1. The fourth-order valence-electron chi connectivity index (χ4n) is 1.52. The number of allylic oxidation sites excluding steroid dienone is 1. The molecule has 0 unspecified atom stereocenters. The minimum absolute atomic E-state index is 0.822. The zero-order chi connectivity index (χ0) is 12.7. The first-order valence-electron chi connectivity index (χ1n) is 5.57. The Bertz CT molecular complexity index is 411. The van der Waals surface area contributed by atoms with Crippen molar-refractivity contribution in [2.75, 3.05) is 0 Å². The fraction of sp³-hybridized carbons (Fsp3) is 0.200. The summed E-state index contributed by atoms with van der Waals surface area (Å²) in [6.07, 6.45) is 1.71. The third kappa shape index (κ3) is 4.16. The lowest BCUT2D eigenvalue weighted by Crippen LogP contribution is -2.03. The van der Waals surface area contributed by atoms with Gasteiger partial charge in [0.25, 0.3) is 0 Å². The lowest BCUT2D eigenvalue weighted by atomic mass is 10.1. The van der Waals surface area contributed by atoms with Gasteiger partial charge in [0, 0.05) is 11.4 Å². The molecule has 0 spiro atoms. The molecule has 1 N–H and O–H groups in total. The molecule has 0 atom stereocenters. The Morgan fingerprint density at radius 3 is 2.35 bits per heavy atom. The smallest absolute Gasteiger partial charge is 0.0395 e. The van der Waals surface area contributed by atoms with Crippen molar-refractivity contribution in [2.45, 2.75) is 20.4 Å². The van der Waals surface area contributed by atoms with E-state index in [2.05, 4.69) is 56.6 Å². The van der Waals surface area contributed by atoms with Gasteiger partial charge in [-0.15, -0.1) is 0 Å². The zero-order valence-corrected chi connectivity index (χ0v) is 11.3. The van der Waals surface area contributed by atoms with Crippen LogP contribution in [0.2, 0.25) is 0 Å². The SMILES string of the molecule is C=CNCc1ccc(C(SC=C)=C(C)C)cc1. The zero-order valence-electron chi connectivity index (χ0n) is 10.5. The van der Waals surface area contributed by atoms with Crippen molar-refractivity contribution in [3.05, 3.63) is 65.7 Å². The number of nitrogens with one attached hydrogen (secondary N) is 1. The molecule has 0 aliphatic carbocycles.